The van der Waals surface area contributed by atoms with Crippen LogP contribution in [0.4, 0.5) is 4.79 Å². The van der Waals surface area contributed by atoms with Crippen molar-refractivity contribution in [2.75, 3.05) is 6.61 Å². The van der Waals surface area contributed by atoms with Gasteiger partial charge in [-0.25, -0.2) is 4.79 Å². The first-order valence-electron chi connectivity index (χ1n) is 6.67. The zero-order chi connectivity index (χ0) is 15.0. The fourth-order valence-corrected chi connectivity index (χ4v) is 2.96. The standard InChI is InChI=1S/C15H20BrNO3/c1-14(2,3)20-13(19)17-15(9-18)7-6-10-8-11(16)4-5-12(10)15/h4-5,8,18H,6-7,9H2,1-3H3,(H,17,19). The fraction of sp³-hybridized carbons (Fsp3) is 0.533. The Labute approximate surface area is 127 Å². The molecule has 1 aliphatic rings. The third-order valence-electron chi connectivity index (χ3n) is 3.41. The quantitative estimate of drug-likeness (QED) is 0.868. The van der Waals surface area contributed by atoms with Gasteiger partial charge in [0.15, 0.2) is 0 Å². The Morgan fingerprint density at radius 1 is 1.50 bits per heavy atom. The van der Waals surface area contributed by atoms with E-state index in [9.17, 15) is 9.90 Å². The lowest BCUT2D eigenvalue weighted by Gasteiger charge is -2.31. The topological polar surface area (TPSA) is 58.6 Å². The summed E-state index contributed by atoms with van der Waals surface area (Å²) in [6.07, 6.45) is 1.00. The molecule has 1 amide bonds. The van der Waals surface area contributed by atoms with Gasteiger partial charge in [-0.15, -0.1) is 0 Å². The summed E-state index contributed by atoms with van der Waals surface area (Å²) in [7, 11) is 0. The molecule has 0 spiro atoms. The summed E-state index contributed by atoms with van der Waals surface area (Å²) in [5.74, 6) is 0. The molecule has 0 radical (unpaired) electrons. The first kappa shape index (κ1) is 15.3. The van der Waals surface area contributed by atoms with Crippen molar-refractivity contribution < 1.29 is 14.6 Å². The van der Waals surface area contributed by atoms with Crippen LogP contribution in [0.5, 0.6) is 0 Å². The predicted octanol–water partition coefficient (Wildman–Crippen LogP) is 3.11. The summed E-state index contributed by atoms with van der Waals surface area (Å²) < 4.78 is 6.30. The number of halogens is 1. The van der Waals surface area contributed by atoms with Gasteiger partial charge in [-0.05, 0) is 56.9 Å². The van der Waals surface area contributed by atoms with Crippen molar-refractivity contribution in [1.29, 1.82) is 0 Å². The molecule has 0 aliphatic heterocycles. The highest BCUT2D eigenvalue weighted by molar-refractivity contribution is 9.10. The van der Waals surface area contributed by atoms with Gasteiger partial charge in [-0.3, -0.25) is 0 Å². The van der Waals surface area contributed by atoms with E-state index in [-0.39, 0.29) is 6.61 Å². The highest BCUT2D eigenvalue weighted by atomic mass is 79.9. The molecule has 0 saturated heterocycles. The van der Waals surface area contributed by atoms with Crippen LogP contribution >= 0.6 is 15.9 Å². The lowest BCUT2D eigenvalue weighted by atomic mass is 9.93. The number of hydrogen-bond acceptors (Lipinski definition) is 3. The Hall–Kier alpha value is -1.07. The summed E-state index contributed by atoms with van der Waals surface area (Å²) in [6, 6.07) is 5.90. The minimum atomic E-state index is -0.738. The number of amides is 1. The van der Waals surface area contributed by atoms with Gasteiger partial charge >= 0.3 is 6.09 Å². The van der Waals surface area contributed by atoms with Crippen LogP contribution in [-0.4, -0.2) is 23.4 Å². The Morgan fingerprint density at radius 2 is 2.20 bits per heavy atom. The van der Waals surface area contributed by atoms with Gasteiger partial charge in [0, 0.05) is 4.47 Å². The van der Waals surface area contributed by atoms with Crippen molar-refractivity contribution in [2.24, 2.45) is 0 Å². The van der Waals surface area contributed by atoms with Crippen LogP contribution in [-0.2, 0) is 16.7 Å². The number of alkyl carbamates (subject to hydrolysis) is 1. The maximum Gasteiger partial charge on any atom is 0.408 e. The van der Waals surface area contributed by atoms with Crippen LogP contribution in [0.2, 0.25) is 0 Å². The van der Waals surface area contributed by atoms with Gasteiger partial charge < -0.3 is 15.2 Å². The summed E-state index contributed by atoms with van der Waals surface area (Å²) >= 11 is 3.44. The Bertz CT molecular complexity index is 524. The highest BCUT2D eigenvalue weighted by Crippen LogP contribution is 2.38. The molecule has 0 saturated carbocycles. The molecule has 5 heteroatoms. The lowest BCUT2D eigenvalue weighted by Crippen LogP contribution is -2.48. The number of hydrogen-bond donors (Lipinski definition) is 2. The summed E-state index contributed by atoms with van der Waals surface area (Å²) in [5.41, 5.74) is 0.818. The van der Waals surface area contributed by atoms with Gasteiger partial charge in [0.05, 0.1) is 12.1 Å². The molecule has 0 heterocycles. The van der Waals surface area contributed by atoms with Crippen molar-refractivity contribution in [3.05, 3.63) is 33.8 Å². The third-order valence-corrected chi connectivity index (χ3v) is 3.91. The van der Waals surface area contributed by atoms with Gasteiger partial charge in [0.1, 0.15) is 5.60 Å². The molecular formula is C15H20BrNO3. The van der Waals surface area contributed by atoms with E-state index in [1.54, 1.807) is 0 Å². The fourth-order valence-electron chi connectivity index (χ4n) is 2.55. The van der Waals surface area contributed by atoms with Crippen molar-refractivity contribution >= 4 is 22.0 Å². The zero-order valence-electron chi connectivity index (χ0n) is 12.0. The Morgan fingerprint density at radius 3 is 2.80 bits per heavy atom. The number of rotatable bonds is 2. The van der Waals surface area contributed by atoms with Crippen LogP contribution in [0.15, 0.2) is 22.7 Å². The van der Waals surface area contributed by atoms with Crippen LogP contribution in [0.1, 0.15) is 38.3 Å². The van der Waals surface area contributed by atoms with E-state index in [2.05, 4.69) is 21.2 Å². The van der Waals surface area contributed by atoms with Gasteiger partial charge in [-0.1, -0.05) is 22.0 Å². The van der Waals surface area contributed by atoms with E-state index in [1.807, 2.05) is 39.0 Å². The van der Waals surface area contributed by atoms with Crippen molar-refractivity contribution in [1.82, 2.24) is 5.32 Å². The SMILES string of the molecule is CC(C)(C)OC(=O)NC1(CO)CCc2cc(Br)ccc21. The second kappa shape index (κ2) is 5.37. The number of ether oxygens (including phenoxy) is 1. The van der Waals surface area contributed by atoms with Gasteiger partial charge in [0.2, 0.25) is 0 Å². The minimum absolute atomic E-state index is 0.138. The summed E-state index contributed by atoms with van der Waals surface area (Å²) in [5, 5.41) is 12.6. The number of aliphatic hydroxyl groups excluding tert-OH is 1. The van der Waals surface area contributed by atoms with E-state index in [0.717, 1.165) is 22.0 Å². The van der Waals surface area contributed by atoms with E-state index >= 15 is 0 Å². The average Bonchev–Trinajstić information content (AvgIpc) is 2.65. The molecule has 1 atom stereocenters. The minimum Gasteiger partial charge on any atom is -0.444 e. The molecule has 1 unspecified atom stereocenters. The Balaban J connectivity index is 2.23. The van der Waals surface area contributed by atoms with E-state index in [1.165, 1.54) is 0 Å². The maximum atomic E-state index is 12.0. The van der Waals surface area contributed by atoms with Crippen LogP contribution in [0.25, 0.3) is 0 Å². The number of nitrogens with one attached hydrogen (secondary N) is 1. The van der Waals surface area contributed by atoms with Crippen molar-refractivity contribution in [3.8, 4) is 0 Å². The van der Waals surface area contributed by atoms with Gasteiger partial charge in [0.25, 0.3) is 0 Å². The predicted molar refractivity (Wildman–Crippen MR) is 80.6 cm³/mol. The second-order valence-corrected chi connectivity index (χ2v) is 7.08. The number of carbonyl (C=O) groups is 1. The normalized spacial score (nSPS) is 21.4. The molecule has 2 rings (SSSR count). The first-order chi connectivity index (χ1) is 9.26. The van der Waals surface area contributed by atoms with E-state index in [0.29, 0.717) is 6.42 Å². The van der Waals surface area contributed by atoms with Crippen LogP contribution in [0, 0.1) is 0 Å². The van der Waals surface area contributed by atoms with Crippen molar-refractivity contribution in [3.63, 3.8) is 0 Å². The molecule has 0 aromatic heterocycles. The molecule has 0 bridgehead atoms. The molecule has 1 aromatic rings. The lowest BCUT2D eigenvalue weighted by molar-refractivity contribution is 0.0393. The summed E-state index contributed by atoms with van der Waals surface area (Å²) in [4.78, 5) is 12.0. The molecule has 110 valence electrons. The number of benzene rings is 1. The largest absolute Gasteiger partial charge is 0.444 e. The second-order valence-electron chi connectivity index (χ2n) is 6.17. The third kappa shape index (κ3) is 3.15. The number of aliphatic hydroxyl groups is 1. The first-order valence-corrected chi connectivity index (χ1v) is 7.46. The smallest absolute Gasteiger partial charge is 0.408 e. The molecular weight excluding hydrogens is 322 g/mol. The average molecular weight is 342 g/mol. The highest BCUT2D eigenvalue weighted by Gasteiger charge is 2.40. The monoisotopic (exact) mass is 341 g/mol. The molecule has 20 heavy (non-hydrogen) atoms. The van der Waals surface area contributed by atoms with Crippen molar-refractivity contribution in [2.45, 2.75) is 44.8 Å². The summed E-state index contributed by atoms with van der Waals surface area (Å²) in [6.45, 7) is 5.31. The van der Waals surface area contributed by atoms with E-state index < -0.39 is 17.2 Å². The molecule has 1 aliphatic carbocycles. The van der Waals surface area contributed by atoms with Crippen LogP contribution in [0.3, 0.4) is 0 Å². The number of fused-ring (bicyclic) bond motifs is 1. The Kier molecular flexibility index (Phi) is 4.12. The molecule has 1 aromatic carbocycles. The van der Waals surface area contributed by atoms with Gasteiger partial charge in [-0.2, -0.15) is 0 Å². The zero-order valence-corrected chi connectivity index (χ0v) is 13.6. The number of carbonyl (C=O) groups excluding carboxylic acids is 1. The van der Waals surface area contributed by atoms with Crippen LogP contribution < -0.4 is 5.32 Å². The molecule has 0 fully saturated rings. The van der Waals surface area contributed by atoms with E-state index in [4.69, 9.17) is 4.74 Å². The number of aryl methyl sites for hydroxylation is 1. The maximum absolute atomic E-state index is 12.0. The molecule has 4 nitrogen and oxygen atoms in total. The molecule has 2 N–H and O–H groups in total.